The van der Waals surface area contributed by atoms with E-state index in [9.17, 15) is 10.1 Å². The Kier molecular flexibility index (Phi) is 6.50. The molecule has 2 aliphatic rings. The number of nitrogens with zero attached hydrogens (tertiary/aromatic N) is 5. The molecular weight excluding hydrogens is 424 g/mol. The summed E-state index contributed by atoms with van der Waals surface area (Å²) in [6.45, 7) is 4.16. The van der Waals surface area contributed by atoms with Gasteiger partial charge < -0.3 is 10.2 Å². The third-order valence-electron chi connectivity index (χ3n) is 6.31. The lowest BCUT2D eigenvalue weighted by Gasteiger charge is -2.35. The lowest BCUT2D eigenvalue weighted by molar-refractivity contribution is -0.121. The second-order valence-electron chi connectivity index (χ2n) is 8.87. The van der Waals surface area contributed by atoms with E-state index in [4.69, 9.17) is 9.97 Å². The van der Waals surface area contributed by atoms with E-state index >= 15 is 0 Å². The molecule has 2 fully saturated rings. The fourth-order valence-corrected chi connectivity index (χ4v) is 4.23. The number of aromatic nitrogens is 2. The molecule has 0 unspecified atom stereocenters. The summed E-state index contributed by atoms with van der Waals surface area (Å²) in [5.74, 6) is -0.601. The summed E-state index contributed by atoms with van der Waals surface area (Å²) in [4.78, 5) is 27.0. The number of nitriles is 1. The van der Waals surface area contributed by atoms with Gasteiger partial charge in [0.1, 0.15) is 5.69 Å². The minimum Gasteiger partial charge on any atom is -0.352 e. The maximum atomic E-state index is 12.8. The number of fused-ring (bicyclic) bond motifs is 1. The quantitative estimate of drug-likeness (QED) is 0.592. The van der Waals surface area contributed by atoms with Crippen molar-refractivity contribution in [3.05, 3.63) is 71.9 Å². The molecule has 1 aliphatic carbocycles. The van der Waals surface area contributed by atoms with Crippen LogP contribution >= 0.6 is 0 Å². The Hall–Kier alpha value is -3.76. The molecule has 7 heteroatoms. The van der Waals surface area contributed by atoms with Crippen LogP contribution in [0.3, 0.4) is 0 Å². The summed E-state index contributed by atoms with van der Waals surface area (Å²) in [6.07, 6.45) is 6.29. The van der Waals surface area contributed by atoms with Gasteiger partial charge in [-0.1, -0.05) is 54.6 Å². The monoisotopic (exact) mass is 452 g/mol. The predicted molar refractivity (Wildman–Crippen MR) is 133 cm³/mol. The van der Waals surface area contributed by atoms with Gasteiger partial charge in [-0.25, -0.2) is 9.97 Å². The number of nitrogens with one attached hydrogen (secondary N) is 1. The number of amides is 1. The minimum atomic E-state index is -0.973. The highest BCUT2D eigenvalue weighted by Crippen LogP contribution is 2.29. The van der Waals surface area contributed by atoms with Gasteiger partial charge in [-0.15, -0.1) is 0 Å². The highest BCUT2D eigenvalue weighted by molar-refractivity contribution is 5.89. The molecule has 0 spiro atoms. The van der Waals surface area contributed by atoms with Crippen molar-refractivity contribution in [3.63, 3.8) is 0 Å². The van der Waals surface area contributed by atoms with E-state index in [1.807, 2.05) is 42.5 Å². The Labute approximate surface area is 199 Å². The number of rotatable bonds is 7. The van der Waals surface area contributed by atoms with E-state index in [-0.39, 0.29) is 11.9 Å². The third kappa shape index (κ3) is 5.08. The zero-order valence-electron chi connectivity index (χ0n) is 19.1. The minimum absolute atomic E-state index is 0.188. The summed E-state index contributed by atoms with van der Waals surface area (Å²) in [5, 5.41) is 12.9. The van der Waals surface area contributed by atoms with Crippen LogP contribution in [0.4, 0.5) is 5.82 Å². The first-order chi connectivity index (χ1) is 16.7. The van der Waals surface area contributed by atoms with Crippen LogP contribution in [0.5, 0.6) is 0 Å². The molecule has 1 amide bonds. The Morgan fingerprint density at radius 1 is 1.03 bits per heavy atom. The zero-order chi connectivity index (χ0) is 23.3. The van der Waals surface area contributed by atoms with Gasteiger partial charge in [-0.2, -0.15) is 5.26 Å². The van der Waals surface area contributed by atoms with Crippen molar-refractivity contribution in [2.45, 2.75) is 24.8 Å². The molecule has 0 radical (unpaired) electrons. The lowest BCUT2D eigenvalue weighted by Crippen LogP contribution is -2.47. The highest BCUT2D eigenvalue weighted by Gasteiger charge is 2.33. The van der Waals surface area contributed by atoms with Gasteiger partial charge in [0, 0.05) is 38.8 Å². The smallest absolute Gasteiger partial charge is 0.243 e. The van der Waals surface area contributed by atoms with E-state index in [0.717, 1.165) is 51.1 Å². The Bertz CT molecular complexity index is 1220. The van der Waals surface area contributed by atoms with Crippen molar-refractivity contribution in [2.75, 3.05) is 37.6 Å². The van der Waals surface area contributed by atoms with Gasteiger partial charge >= 0.3 is 0 Å². The molecule has 1 aliphatic heterocycles. The summed E-state index contributed by atoms with van der Waals surface area (Å²) in [5.41, 5.74) is 3.13. The maximum Gasteiger partial charge on any atom is 0.243 e. The zero-order valence-corrected chi connectivity index (χ0v) is 19.1. The SMILES string of the molecule is N#C[C@H](C(=O)NC1CC1)c1nc2ccccc2nc1N1CCN(C/C=C/c2ccccc2)CC1. The van der Waals surface area contributed by atoms with Gasteiger partial charge in [0.05, 0.1) is 17.1 Å². The number of para-hydroxylation sites is 2. The second-order valence-corrected chi connectivity index (χ2v) is 8.87. The van der Waals surface area contributed by atoms with E-state index in [0.29, 0.717) is 17.0 Å². The number of benzene rings is 2. The molecule has 1 N–H and O–H groups in total. The lowest BCUT2D eigenvalue weighted by atomic mass is 10.0. The molecule has 1 saturated carbocycles. The molecule has 34 heavy (non-hydrogen) atoms. The maximum absolute atomic E-state index is 12.8. The van der Waals surface area contributed by atoms with E-state index < -0.39 is 5.92 Å². The van der Waals surface area contributed by atoms with Crippen LogP contribution < -0.4 is 10.2 Å². The molecular formula is C27H28N6O. The van der Waals surface area contributed by atoms with Crippen LogP contribution in [0, 0.1) is 11.3 Å². The Morgan fingerprint density at radius 2 is 1.71 bits per heavy atom. The first-order valence-corrected chi connectivity index (χ1v) is 11.9. The van der Waals surface area contributed by atoms with E-state index in [1.165, 1.54) is 5.56 Å². The topological polar surface area (TPSA) is 85.1 Å². The van der Waals surface area contributed by atoms with E-state index in [1.54, 1.807) is 0 Å². The highest BCUT2D eigenvalue weighted by atomic mass is 16.2. The van der Waals surface area contributed by atoms with Crippen LogP contribution in [0.1, 0.15) is 30.0 Å². The normalized spacial score (nSPS) is 17.6. The van der Waals surface area contributed by atoms with Crippen molar-refractivity contribution < 1.29 is 4.79 Å². The van der Waals surface area contributed by atoms with Crippen LogP contribution in [-0.2, 0) is 4.79 Å². The number of hydrogen-bond donors (Lipinski definition) is 1. The molecule has 2 aromatic carbocycles. The number of piperazine rings is 1. The van der Waals surface area contributed by atoms with Crippen LogP contribution in [0.25, 0.3) is 17.1 Å². The number of hydrogen-bond acceptors (Lipinski definition) is 6. The first-order valence-electron chi connectivity index (χ1n) is 11.9. The Morgan fingerprint density at radius 3 is 2.38 bits per heavy atom. The van der Waals surface area contributed by atoms with Gasteiger partial charge in [0.25, 0.3) is 0 Å². The summed E-state index contributed by atoms with van der Waals surface area (Å²) >= 11 is 0. The largest absolute Gasteiger partial charge is 0.352 e. The molecule has 2 heterocycles. The Balaban J connectivity index is 1.33. The van der Waals surface area contributed by atoms with Gasteiger partial charge in [0.15, 0.2) is 11.7 Å². The van der Waals surface area contributed by atoms with E-state index in [2.05, 4.69) is 45.5 Å². The second kappa shape index (κ2) is 10.0. The molecule has 7 nitrogen and oxygen atoms in total. The molecule has 0 bridgehead atoms. The van der Waals surface area contributed by atoms with Crippen LogP contribution in [0.15, 0.2) is 60.7 Å². The van der Waals surface area contributed by atoms with Crippen LogP contribution in [-0.4, -0.2) is 59.5 Å². The van der Waals surface area contributed by atoms with Crippen molar-refractivity contribution in [1.29, 1.82) is 5.26 Å². The molecule has 3 aromatic rings. The van der Waals surface area contributed by atoms with Gasteiger partial charge in [-0.05, 0) is 30.5 Å². The summed E-state index contributed by atoms with van der Waals surface area (Å²) in [7, 11) is 0. The van der Waals surface area contributed by atoms with Crippen molar-refractivity contribution in [3.8, 4) is 6.07 Å². The molecule has 5 rings (SSSR count). The molecule has 1 atom stereocenters. The number of anilines is 1. The van der Waals surface area contributed by atoms with Crippen molar-refractivity contribution >= 4 is 28.8 Å². The fraction of sp³-hybridized carbons (Fsp3) is 0.333. The summed E-state index contributed by atoms with van der Waals surface area (Å²) in [6, 6.07) is 20.3. The third-order valence-corrected chi connectivity index (χ3v) is 6.31. The molecule has 1 saturated heterocycles. The van der Waals surface area contributed by atoms with Gasteiger partial charge in [-0.3, -0.25) is 9.69 Å². The van der Waals surface area contributed by atoms with Crippen LogP contribution in [0.2, 0.25) is 0 Å². The van der Waals surface area contributed by atoms with Crippen molar-refractivity contribution in [2.24, 2.45) is 0 Å². The molecule has 172 valence electrons. The predicted octanol–water partition coefficient (Wildman–Crippen LogP) is 3.35. The van der Waals surface area contributed by atoms with Gasteiger partial charge in [0.2, 0.25) is 5.91 Å². The standard InChI is InChI=1S/C27H28N6O/c28-19-22(27(34)29-21-12-13-21)25-26(31-24-11-5-4-10-23(24)30-25)33-17-15-32(16-18-33)14-6-9-20-7-2-1-3-8-20/h1-11,21-22H,12-18H2,(H,29,34)/b9-6+/t22-/m0/s1. The average molecular weight is 453 g/mol. The fourth-order valence-electron chi connectivity index (χ4n) is 4.23. The number of carbonyl (C=O) groups excluding carboxylic acids is 1. The molecule has 1 aromatic heterocycles. The number of carbonyl (C=O) groups is 1. The van der Waals surface area contributed by atoms with Crippen molar-refractivity contribution in [1.82, 2.24) is 20.2 Å². The average Bonchev–Trinajstić information content (AvgIpc) is 3.69. The first kappa shape index (κ1) is 22.1. The summed E-state index contributed by atoms with van der Waals surface area (Å²) < 4.78 is 0.